The number of anilines is 1. The second kappa shape index (κ2) is 5.71. The Morgan fingerprint density at radius 1 is 1.24 bits per heavy atom. The summed E-state index contributed by atoms with van der Waals surface area (Å²) in [5, 5.41) is 21.0. The molecule has 1 unspecified atom stereocenters. The van der Waals surface area contributed by atoms with E-state index in [1.807, 2.05) is 42.5 Å². The average Bonchev–Trinajstić information content (AvgIpc) is 2.92. The van der Waals surface area contributed by atoms with E-state index in [0.29, 0.717) is 13.0 Å². The maximum Gasteiger partial charge on any atom is 0.319 e. The van der Waals surface area contributed by atoms with Gasteiger partial charge in [-0.2, -0.15) is 0 Å². The summed E-state index contributed by atoms with van der Waals surface area (Å²) < 4.78 is 0. The van der Waals surface area contributed by atoms with Gasteiger partial charge >= 0.3 is 6.03 Å². The van der Waals surface area contributed by atoms with Crippen LogP contribution in [-0.2, 0) is 0 Å². The van der Waals surface area contributed by atoms with E-state index in [4.69, 9.17) is 0 Å². The van der Waals surface area contributed by atoms with Crippen molar-refractivity contribution in [2.75, 3.05) is 25.0 Å². The van der Waals surface area contributed by atoms with Crippen molar-refractivity contribution < 1.29 is 9.90 Å². The first-order valence-corrected chi connectivity index (χ1v) is 7.11. The lowest BCUT2D eigenvalue weighted by Gasteiger charge is -2.21. The van der Waals surface area contributed by atoms with Gasteiger partial charge in [-0.05, 0) is 35.9 Å². The van der Waals surface area contributed by atoms with Crippen LogP contribution < -0.4 is 16.0 Å². The number of urea groups is 1. The molecule has 0 aliphatic carbocycles. The SMILES string of the molecule is O=C(NCC1(O)CCNC1)Nc1ccc2ccccc2c1. The van der Waals surface area contributed by atoms with Gasteiger partial charge in [-0.15, -0.1) is 0 Å². The normalized spacial score (nSPS) is 21.4. The summed E-state index contributed by atoms with van der Waals surface area (Å²) in [5.41, 5.74) is -0.0940. The number of fused-ring (bicyclic) bond motifs is 1. The Morgan fingerprint density at radius 2 is 2.05 bits per heavy atom. The van der Waals surface area contributed by atoms with Crippen molar-refractivity contribution >= 4 is 22.5 Å². The van der Waals surface area contributed by atoms with E-state index in [2.05, 4.69) is 16.0 Å². The molecular weight excluding hydrogens is 266 g/mol. The molecule has 1 heterocycles. The van der Waals surface area contributed by atoms with Gasteiger partial charge in [0.2, 0.25) is 0 Å². The molecule has 1 atom stereocenters. The molecule has 21 heavy (non-hydrogen) atoms. The number of nitrogens with one attached hydrogen (secondary N) is 3. The molecule has 0 saturated carbocycles. The standard InChI is InChI=1S/C16H19N3O2/c20-15(18-11-16(21)7-8-17-10-16)19-14-6-5-12-3-1-2-4-13(12)9-14/h1-6,9,17,21H,7-8,10-11H2,(H2,18,19,20). The Morgan fingerprint density at radius 3 is 2.81 bits per heavy atom. The lowest BCUT2D eigenvalue weighted by molar-refractivity contribution is 0.0640. The average molecular weight is 285 g/mol. The fourth-order valence-corrected chi connectivity index (χ4v) is 2.57. The van der Waals surface area contributed by atoms with Crippen molar-refractivity contribution in [1.29, 1.82) is 0 Å². The number of amides is 2. The summed E-state index contributed by atoms with van der Waals surface area (Å²) in [6, 6.07) is 13.5. The summed E-state index contributed by atoms with van der Waals surface area (Å²) in [6.07, 6.45) is 0.656. The van der Waals surface area contributed by atoms with Crippen molar-refractivity contribution in [1.82, 2.24) is 10.6 Å². The van der Waals surface area contributed by atoms with Gasteiger partial charge in [-0.3, -0.25) is 0 Å². The van der Waals surface area contributed by atoms with Crippen molar-refractivity contribution in [3.8, 4) is 0 Å². The zero-order valence-corrected chi connectivity index (χ0v) is 11.7. The molecule has 3 rings (SSSR count). The van der Waals surface area contributed by atoms with Gasteiger partial charge in [0.05, 0.1) is 5.60 Å². The summed E-state index contributed by atoms with van der Waals surface area (Å²) in [7, 11) is 0. The first kappa shape index (κ1) is 13.9. The molecule has 4 N–H and O–H groups in total. The molecule has 0 radical (unpaired) electrons. The van der Waals surface area contributed by atoms with Crippen LogP contribution in [0.1, 0.15) is 6.42 Å². The Hall–Kier alpha value is -2.11. The van der Waals surface area contributed by atoms with Gasteiger partial charge in [0.25, 0.3) is 0 Å². The molecule has 0 aromatic heterocycles. The van der Waals surface area contributed by atoms with Crippen LogP contribution in [-0.4, -0.2) is 36.4 Å². The van der Waals surface area contributed by atoms with Crippen LogP contribution in [0.2, 0.25) is 0 Å². The smallest absolute Gasteiger partial charge is 0.319 e. The molecule has 5 nitrogen and oxygen atoms in total. The number of hydrogen-bond acceptors (Lipinski definition) is 3. The van der Waals surface area contributed by atoms with E-state index in [1.54, 1.807) is 0 Å². The summed E-state index contributed by atoms with van der Waals surface area (Å²) in [4.78, 5) is 11.9. The quantitative estimate of drug-likeness (QED) is 0.693. The molecule has 1 saturated heterocycles. The number of aliphatic hydroxyl groups is 1. The Bertz CT molecular complexity index is 651. The third-order valence-corrected chi connectivity index (χ3v) is 3.81. The predicted octanol–water partition coefficient (Wildman–Crippen LogP) is 1.69. The number of carbonyl (C=O) groups is 1. The topological polar surface area (TPSA) is 73.4 Å². The van der Waals surface area contributed by atoms with Crippen LogP contribution >= 0.6 is 0 Å². The minimum Gasteiger partial charge on any atom is -0.387 e. The highest BCUT2D eigenvalue weighted by Gasteiger charge is 2.31. The number of hydrogen-bond donors (Lipinski definition) is 4. The van der Waals surface area contributed by atoms with Gasteiger partial charge in [0, 0.05) is 18.8 Å². The minimum absolute atomic E-state index is 0.249. The molecule has 0 bridgehead atoms. The maximum absolute atomic E-state index is 11.9. The molecule has 2 aromatic carbocycles. The fourth-order valence-electron chi connectivity index (χ4n) is 2.57. The molecule has 5 heteroatoms. The molecule has 0 spiro atoms. The van der Waals surface area contributed by atoms with E-state index in [0.717, 1.165) is 23.0 Å². The van der Waals surface area contributed by atoms with Gasteiger partial charge < -0.3 is 21.1 Å². The van der Waals surface area contributed by atoms with Gasteiger partial charge in [0.15, 0.2) is 0 Å². The fraction of sp³-hybridized carbons (Fsp3) is 0.312. The van der Waals surface area contributed by atoms with Crippen LogP contribution in [0.4, 0.5) is 10.5 Å². The summed E-state index contributed by atoms with van der Waals surface area (Å²) in [5.74, 6) is 0. The Labute approximate surface area is 123 Å². The second-order valence-corrected chi connectivity index (χ2v) is 5.52. The zero-order chi connectivity index (χ0) is 14.7. The summed E-state index contributed by atoms with van der Waals surface area (Å²) >= 11 is 0. The van der Waals surface area contributed by atoms with Gasteiger partial charge in [-0.25, -0.2) is 4.79 Å². The van der Waals surface area contributed by atoms with E-state index in [9.17, 15) is 9.90 Å². The molecular formula is C16H19N3O2. The van der Waals surface area contributed by atoms with Crippen LogP contribution in [0.3, 0.4) is 0 Å². The van der Waals surface area contributed by atoms with Crippen LogP contribution in [0, 0.1) is 0 Å². The van der Waals surface area contributed by atoms with Crippen LogP contribution in [0.15, 0.2) is 42.5 Å². The highest BCUT2D eigenvalue weighted by Crippen LogP contribution is 2.19. The van der Waals surface area contributed by atoms with Crippen molar-refractivity contribution in [3.63, 3.8) is 0 Å². The van der Waals surface area contributed by atoms with Gasteiger partial charge in [0.1, 0.15) is 0 Å². The Balaban J connectivity index is 1.60. The van der Waals surface area contributed by atoms with E-state index in [-0.39, 0.29) is 12.6 Å². The monoisotopic (exact) mass is 285 g/mol. The number of rotatable bonds is 3. The first-order chi connectivity index (χ1) is 10.1. The van der Waals surface area contributed by atoms with E-state index in [1.165, 1.54) is 0 Å². The number of benzene rings is 2. The molecule has 110 valence electrons. The lowest BCUT2D eigenvalue weighted by Crippen LogP contribution is -2.45. The van der Waals surface area contributed by atoms with Crippen molar-refractivity contribution in [3.05, 3.63) is 42.5 Å². The highest BCUT2D eigenvalue weighted by molar-refractivity contribution is 5.93. The van der Waals surface area contributed by atoms with Crippen LogP contribution in [0.5, 0.6) is 0 Å². The third kappa shape index (κ3) is 3.32. The minimum atomic E-state index is -0.833. The van der Waals surface area contributed by atoms with E-state index < -0.39 is 5.60 Å². The Kier molecular flexibility index (Phi) is 3.77. The van der Waals surface area contributed by atoms with Crippen LogP contribution in [0.25, 0.3) is 10.8 Å². The molecule has 2 aromatic rings. The molecule has 1 aliphatic rings. The second-order valence-electron chi connectivity index (χ2n) is 5.52. The summed E-state index contributed by atoms with van der Waals surface area (Å²) in [6.45, 7) is 1.55. The lowest BCUT2D eigenvalue weighted by atomic mass is 10.0. The van der Waals surface area contributed by atoms with E-state index >= 15 is 0 Å². The first-order valence-electron chi connectivity index (χ1n) is 7.11. The molecule has 1 aliphatic heterocycles. The maximum atomic E-state index is 11.9. The predicted molar refractivity (Wildman–Crippen MR) is 83.4 cm³/mol. The zero-order valence-electron chi connectivity index (χ0n) is 11.7. The van der Waals surface area contributed by atoms with Gasteiger partial charge in [-0.1, -0.05) is 30.3 Å². The highest BCUT2D eigenvalue weighted by atomic mass is 16.3. The molecule has 2 amide bonds. The van der Waals surface area contributed by atoms with Crippen molar-refractivity contribution in [2.24, 2.45) is 0 Å². The third-order valence-electron chi connectivity index (χ3n) is 3.81. The largest absolute Gasteiger partial charge is 0.387 e. The van der Waals surface area contributed by atoms with Crippen molar-refractivity contribution in [2.45, 2.75) is 12.0 Å². The number of β-amino-alcohol motifs (C(OH)–C–C–N with tert-alkyl or cyclic N) is 1. The number of carbonyl (C=O) groups excluding carboxylic acids is 1. The molecule has 1 fully saturated rings.